The Morgan fingerprint density at radius 1 is 1.24 bits per heavy atom. The van der Waals surface area contributed by atoms with Crippen LogP contribution in [0.5, 0.6) is 5.75 Å². The zero-order valence-electron chi connectivity index (χ0n) is 11.7. The largest absolute Gasteiger partial charge is 0.481 e. The number of amides is 1. The Morgan fingerprint density at radius 2 is 1.90 bits per heavy atom. The van der Waals surface area contributed by atoms with Gasteiger partial charge in [-0.1, -0.05) is 33.6 Å². The van der Waals surface area contributed by atoms with E-state index in [1.165, 1.54) is 0 Å². The van der Waals surface area contributed by atoms with E-state index < -0.39 is 6.10 Å². The molecule has 2 aromatic carbocycles. The molecule has 0 aliphatic rings. The summed E-state index contributed by atoms with van der Waals surface area (Å²) in [5.74, 6) is 0.423. The molecule has 0 radical (unpaired) electrons. The number of carbonyl (C=O) groups excluding carboxylic acids is 1. The molecular formula is C16H15BrClNO2. The van der Waals surface area contributed by atoms with E-state index in [1.54, 1.807) is 31.2 Å². The highest BCUT2D eigenvalue weighted by Crippen LogP contribution is 2.21. The predicted octanol–water partition coefficient (Wildman–Crippen LogP) is 4.82. The Bertz CT molecular complexity index is 643. The number of anilines is 1. The lowest BCUT2D eigenvalue weighted by atomic mass is 10.2. The van der Waals surface area contributed by atoms with Crippen molar-refractivity contribution in [1.29, 1.82) is 0 Å². The first-order valence-electron chi connectivity index (χ1n) is 6.45. The highest BCUT2D eigenvalue weighted by Gasteiger charge is 2.15. The summed E-state index contributed by atoms with van der Waals surface area (Å²) in [5.41, 5.74) is 1.64. The van der Waals surface area contributed by atoms with Crippen LogP contribution in [0.15, 0.2) is 46.9 Å². The van der Waals surface area contributed by atoms with Crippen molar-refractivity contribution in [2.75, 3.05) is 5.32 Å². The van der Waals surface area contributed by atoms with E-state index >= 15 is 0 Å². The average molecular weight is 369 g/mol. The second kappa shape index (κ2) is 6.96. The molecule has 0 saturated heterocycles. The number of nitrogens with one attached hydrogen (secondary N) is 1. The summed E-state index contributed by atoms with van der Waals surface area (Å²) in [5, 5.41) is 3.41. The number of carbonyl (C=O) groups is 1. The topological polar surface area (TPSA) is 38.3 Å². The van der Waals surface area contributed by atoms with Crippen LogP contribution in [0.25, 0.3) is 0 Å². The maximum absolute atomic E-state index is 12.2. The first kappa shape index (κ1) is 15.9. The number of hydrogen-bond acceptors (Lipinski definition) is 2. The lowest BCUT2D eigenvalue weighted by Gasteiger charge is -2.16. The number of hydrogen-bond donors (Lipinski definition) is 1. The van der Waals surface area contributed by atoms with Crippen molar-refractivity contribution in [3.8, 4) is 5.75 Å². The lowest BCUT2D eigenvalue weighted by molar-refractivity contribution is -0.122. The van der Waals surface area contributed by atoms with Crippen LogP contribution in [0.3, 0.4) is 0 Å². The molecule has 0 aromatic heterocycles. The predicted molar refractivity (Wildman–Crippen MR) is 89.1 cm³/mol. The minimum absolute atomic E-state index is 0.219. The first-order chi connectivity index (χ1) is 9.95. The Kier molecular flexibility index (Phi) is 5.26. The van der Waals surface area contributed by atoms with Crippen LogP contribution in [0, 0.1) is 6.92 Å². The highest BCUT2D eigenvalue weighted by molar-refractivity contribution is 9.10. The molecule has 5 heteroatoms. The van der Waals surface area contributed by atoms with Crippen LogP contribution in [0.1, 0.15) is 12.5 Å². The van der Waals surface area contributed by atoms with E-state index in [1.807, 2.05) is 25.1 Å². The van der Waals surface area contributed by atoms with Gasteiger partial charge in [0.1, 0.15) is 5.75 Å². The van der Waals surface area contributed by atoms with Crippen molar-refractivity contribution >= 4 is 39.1 Å². The molecule has 0 aliphatic heterocycles. The van der Waals surface area contributed by atoms with Gasteiger partial charge in [-0.3, -0.25) is 4.79 Å². The molecule has 0 heterocycles. The zero-order chi connectivity index (χ0) is 15.4. The number of aryl methyl sites for hydroxylation is 1. The van der Waals surface area contributed by atoms with Gasteiger partial charge in [-0.2, -0.15) is 0 Å². The van der Waals surface area contributed by atoms with Gasteiger partial charge in [0.2, 0.25) is 0 Å². The molecule has 2 aromatic rings. The van der Waals surface area contributed by atoms with Gasteiger partial charge in [0.15, 0.2) is 6.10 Å². The van der Waals surface area contributed by atoms with Crippen molar-refractivity contribution in [2.45, 2.75) is 20.0 Å². The Hall–Kier alpha value is -1.52. The molecule has 3 nitrogen and oxygen atoms in total. The summed E-state index contributed by atoms with van der Waals surface area (Å²) < 4.78 is 6.57. The van der Waals surface area contributed by atoms with Gasteiger partial charge >= 0.3 is 0 Å². The van der Waals surface area contributed by atoms with Crippen LogP contribution in [0.2, 0.25) is 5.02 Å². The third-order valence-corrected chi connectivity index (χ3v) is 3.72. The Labute approximate surface area is 137 Å². The van der Waals surface area contributed by atoms with Crippen LogP contribution < -0.4 is 10.1 Å². The van der Waals surface area contributed by atoms with Crippen molar-refractivity contribution in [3.63, 3.8) is 0 Å². The molecule has 0 fully saturated rings. The molecule has 1 unspecified atom stereocenters. The summed E-state index contributed by atoms with van der Waals surface area (Å²) in [6.07, 6.45) is -0.607. The molecule has 0 bridgehead atoms. The average Bonchev–Trinajstić information content (AvgIpc) is 2.45. The molecule has 21 heavy (non-hydrogen) atoms. The number of halogens is 2. The van der Waals surface area contributed by atoms with Gasteiger partial charge < -0.3 is 10.1 Å². The second-order valence-electron chi connectivity index (χ2n) is 4.66. The second-order valence-corrected chi connectivity index (χ2v) is 6.01. The molecular weight excluding hydrogens is 354 g/mol. The maximum Gasteiger partial charge on any atom is 0.265 e. The van der Waals surface area contributed by atoms with Crippen LogP contribution in [0.4, 0.5) is 5.69 Å². The normalized spacial score (nSPS) is 11.8. The molecule has 1 atom stereocenters. The molecule has 0 spiro atoms. The van der Waals surface area contributed by atoms with Crippen LogP contribution >= 0.6 is 27.5 Å². The minimum atomic E-state index is -0.607. The van der Waals surface area contributed by atoms with Crippen molar-refractivity contribution in [2.24, 2.45) is 0 Å². The van der Waals surface area contributed by atoms with E-state index in [4.69, 9.17) is 16.3 Å². The molecule has 2 rings (SSSR count). The van der Waals surface area contributed by atoms with Gasteiger partial charge in [-0.15, -0.1) is 0 Å². The third kappa shape index (κ3) is 4.48. The molecule has 110 valence electrons. The molecule has 0 saturated carbocycles. The summed E-state index contributed by atoms with van der Waals surface area (Å²) in [6, 6.07) is 12.7. The fourth-order valence-electron chi connectivity index (χ4n) is 1.73. The van der Waals surface area contributed by atoms with E-state index in [0.29, 0.717) is 16.5 Å². The number of ether oxygens (including phenoxy) is 1. The zero-order valence-corrected chi connectivity index (χ0v) is 14.0. The van der Waals surface area contributed by atoms with E-state index in [-0.39, 0.29) is 5.91 Å². The molecule has 0 aliphatic carbocycles. The van der Waals surface area contributed by atoms with Gasteiger partial charge in [0, 0.05) is 15.2 Å². The SMILES string of the molecule is Cc1ccc(Cl)cc1NC(=O)C(C)Oc1ccc(Br)cc1. The minimum Gasteiger partial charge on any atom is -0.481 e. The van der Waals surface area contributed by atoms with E-state index in [2.05, 4.69) is 21.2 Å². The summed E-state index contributed by atoms with van der Waals surface area (Å²) in [7, 11) is 0. The van der Waals surface area contributed by atoms with Crippen LogP contribution in [-0.4, -0.2) is 12.0 Å². The fraction of sp³-hybridized carbons (Fsp3) is 0.188. The van der Waals surface area contributed by atoms with Gasteiger partial charge in [-0.05, 0) is 55.8 Å². The number of benzene rings is 2. The van der Waals surface area contributed by atoms with Gasteiger partial charge in [0.25, 0.3) is 5.91 Å². The molecule has 1 N–H and O–H groups in total. The maximum atomic E-state index is 12.2. The standard InChI is InChI=1S/C16H15BrClNO2/c1-10-3-6-13(18)9-15(10)19-16(20)11(2)21-14-7-4-12(17)5-8-14/h3-9,11H,1-2H3,(H,19,20). The monoisotopic (exact) mass is 367 g/mol. The van der Waals surface area contributed by atoms with Crippen molar-refractivity contribution in [1.82, 2.24) is 0 Å². The van der Waals surface area contributed by atoms with E-state index in [9.17, 15) is 4.79 Å². The first-order valence-corrected chi connectivity index (χ1v) is 7.62. The Balaban J connectivity index is 2.02. The quantitative estimate of drug-likeness (QED) is 0.840. The van der Waals surface area contributed by atoms with Crippen LogP contribution in [-0.2, 0) is 4.79 Å². The van der Waals surface area contributed by atoms with E-state index in [0.717, 1.165) is 10.0 Å². The Morgan fingerprint density at radius 3 is 2.57 bits per heavy atom. The third-order valence-electron chi connectivity index (χ3n) is 2.95. The van der Waals surface area contributed by atoms with Crippen molar-refractivity contribution in [3.05, 3.63) is 57.5 Å². The van der Waals surface area contributed by atoms with Crippen molar-refractivity contribution < 1.29 is 9.53 Å². The summed E-state index contributed by atoms with van der Waals surface area (Å²) >= 11 is 9.29. The lowest BCUT2D eigenvalue weighted by Crippen LogP contribution is -2.30. The van der Waals surface area contributed by atoms with Gasteiger partial charge in [-0.25, -0.2) is 0 Å². The summed E-state index contributed by atoms with van der Waals surface area (Å²) in [4.78, 5) is 12.2. The fourth-order valence-corrected chi connectivity index (χ4v) is 2.17. The molecule has 1 amide bonds. The van der Waals surface area contributed by atoms with Gasteiger partial charge in [0.05, 0.1) is 0 Å². The highest BCUT2D eigenvalue weighted by atomic mass is 79.9. The smallest absolute Gasteiger partial charge is 0.265 e. The summed E-state index contributed by atoms with van der Waals surface area (Å²) in [6.45, 7) is 3.61. The number of rotatable bonds is 4.